The van der Waals surface area contributed by atoms with Gasteiger partial charge < -0.3 is 15.4 Å². The molecule has 20 heavy (non-hydrogen) atoms. The van der Waals surface area contributed by atoms with Crippen molar-refractivity contribution in [2.45, 2.75) is 12.6 Å². The average molecular weight is 266 g/mol. The van der Waals surface area contributed by atoms with Crippen LogP contribution in [-0.4, -0.2) is 22.3 Å². The zero-order chi connectivity index (χ0) is 13.9. The van der Waals surface area contributed by atoms with Gasteiger partial charge in [-0.25, -0.2) is 0 Å². The van der Waals surface area contributed by atoms with Crippen molar-refractivity contribution in [3.8, 4) is 11.3 Å². The van der Waals surface area contributed by atoms with Crippen molar-refractivity contribution >= 4 is 10.9 Å². The monoisotopic (exact) mass is 266 g/mol. The maximum atomic E-state index is 9.91. The fraction of sp³-hybridized carbons (Fsp3) is 0.176. The summed E-state index contributed by atoms with van der Waals surface area (Å²) in [5, 5.41) is 11.1. The molecule has 0 bridgehead atoms. The number of rotatable bonds is 4. The lowest BCUT2D eigenvalue weighted by Crippen LogP contribution is -2.25. The molecule has 0 spiro atoms. The molecule has 0 aliphatic carbocycles. The molecule has 3 rings (SSSR count). The zero-order valence-corrected chi connectivity index (χ0v) is 11.2. The number of aliphatic hydroxyl groups excluding tert-OH is 1. The van der Waals surface area contributed by atoms with Crippen LogP contribution in [0, 0.1) is 0 Å². The number of hydrogen-bond acceptors (Lipinski definition) is 2. The van der Waals surface area contributed by atoms with Gasteiger partial charge in [0.1, 0.15) is 0 Å². The summed E-state index contributed by atoms with van der Waals surface area (Å²) in [6, 6.07) is 20.6. The highest BCUT2D eigenvalue weighted by molar-refractivity contribution is 5.87. The van der Waals surface area contributed by atoms with E-state index in [0.29, 0.717) is 6.54 Å². The smallest absolute Gasteiger partial charge is 0.0841 e. The van der Waals surface area contributed by atoms with Crippen LogP contribution in [0.5, 0.6) is 0 Å². The number of hydrogen-bond donors (Lipinski definition) is 2. The molecule has 0 aliphatic rings. The third-order valence-electron chi connectivity index (χ3n) is 3.55. The van der Waals surface area contributed by atoms with Crippen LogP contribution >= 0.6 is 0 Å². The quantitative estimate of drug-likeness (QED) is 0.762. The molecule has 102 valence electrons. The van der Waals surface area contributed by atoms with E-state index in [9.17, 15) is 5.11 Å². The van der Waals surface area contributed by atoms with Crippen molar-refractivity contribution in [2.24, 2.45) is 5.73 Å². The van der Waals surface area contributed by atoms with Gasteiger partial charge in [-0.3, -0.25) is 0 Å². The highest BCUT2D eigenvalue weighted by Gasteiger charge is 2.12. The molecule has 3 N–H and O–H groups in total. The second-order valence-electron chi connectivity index (χ2n) is 4.95. The van der Waals surface area contributed by atoms with Gasteiger partial charge in [0.15, 0.2) is 0 Å². The van der Waals surface area contributed by atoms with Crippen LogP contribution in [0.4, 0.5) is 0 Å². The van der Waals surface area contributed by atoms with E-state index in [1.54, 1.807) is 0 Å². The van der Waals surface area contributed by atoms with E-state index in [1.807, 2.05) is 30.3 Å². The van der Waals surface area contributed by atoms with Crippen molar-refractivity contribution < 1.29 is 5.11 Å². The molecule has 0 radical (unpaired) electrons. The summed E-state index contributed by atoms with van der Waals surface area (Å²) in [4.78, 5) is 0. The van der Waals surface area contributed by atoms with E-state index in [0.717, 1.165) is 16.8 Å². The fourth-order valence-corrected chi connectivity index (χ4v) is 2.54. The van der Waals surface area contributed by atoms with Crippen LogP contribution < -0.4 is 5.73 Å². The van der Waals surface area contributed by atoms with Gasteiger partial charge in [-0.2, -0.15) is 0 Å². The average Bonchev–Trinajstić information content (AvgIpc) is 2.87. The Morgan fingerprint density at radius 3 is 2.45 bits per heavy atom. The molecule has 0 aliphatic heterocycles. The number of fused-ring (bicyclic) bond motifs is 1. The summed E-state index contributed by atoms with van der Waals surface area (Å²) in [6.45, 7) is 0.773. The Balaban J connectivity index is 2.17. The lowest BCUT2D eigenvalue weighted by Gasteiger charge is -2.14. The van der Waals surface area contributed by atoms with Crippen LogP contribution in [0.25, 0.3) is 22.2 Å². The van der Waals surface area contributed by atoms with E-state index >= 15 is 0 Å². The van der Waals surface area contributed by atoms with Crippen LogP contribution in [0.2, 0.25) is 0 Å². The zero-order valence-electron chi connectivity index (χ0n) is 11.2. The van der Waals surface area contributed by atoms with Gasteiger partial charge in [-0.05, 0) is 17.7 Å². The molecule has 1 unspecified atom stereocenters. The number of para-hydroxylation sites is 1. The predicted octanol–water partition coefficient (Wildman–Crippen LogP) is 2.63. The van der Waals surface area contributed by atoms with Crippen molar-refractivity contribution in [1.29, 1.82) is 0 Å². The van der Waals surface area contributed by atoms with Gasteiger partial charge in [0.25, 0.3) is 0 Å². The molecule has 0 fully saturated rings. The third kappa shape index (κ3) is 2.33. The Hall–Kier alpha value is -2.10. The summed E-state index contributed by atoms with van der Waals surface area (Å²) in [6.07, 6.45) is -0.534. The van der Waals surface area contributed by atoms with Gasteiger partial charge in [-0.1, -0.05) is 48.5 Å². The molecule has 3 heteroatoms. The molecule has 1 aromatic heterocycles. The van der Waals surface area contributed by atoms with E-state index in [-0.39, 0.29) is 6.54 Å². The summed E-state index contributed by atoms with van der Waals surface area (Å²) in [5.74, 6) is 0. The molecular weight excluding hydrogens is 248 g/mol. The lowest BCUT2D eigenvalue weighted by molar-refractivity contribution is 0.164. The first-order chi connectivity index (χ1) is 9.79. The summed E-state index contributed by atoms with van der Waals surface area (Å²) >= 11 is 0. The van der Waals surface area contributed by atoms with Gasteiger partial charge in [0, 0.05) is 23.1 Å². The van der Waals surface area contributed by atoms with Gasteiger partial charge in [0.2, 0.25) is 0 Å². The Morgan fingerprint density at radius 1 is 1.00 bits per heavy atom. The second kappa shape index (κ2) is 5.49. The minimum absolute atomic E-state index is 0.265. The molecule has 0 amide bonds. The SMILES string of the molecule is NCC(O)Cn1c(-c2ccccc2)cc2ccccc21. The molecule has 1 atom stereocenters. The van der Waals surface area contributed by atoms with Crippen molar-refractivity contribution in [2.75, 3.05) is 6.54 Å². The minimum Gasteiger partial charge on any atom is -0.390 e. The predicted molar refractivity (Wildman–Crippen MR) is 82.4 cm³/mol. The second-order valence-corrected chi connectivity index (χ2v) is 4.95. The van der Waals surface area contributed by atoms with E-state index in [1.165, 1.54) is 5.39 Å². The molecule has 1 heterocycles. The van der Waals surface area contributed by atoms with Crippen LogP contribution in [-0.2, 0) is 6.54 Å². The molecular formula is C17H18N2O. The summed E-state index contributed by atoms with van der Waals surface area (Å²) in [5.41, 5.74) is 8.94. The standard InChI is InChI=1S/C17H18N2O/c18-11-15(20)12-19-16-9-5-4-8-14(16)10-17(19)13-6-2-1-3-7-13/h1-10,15,20H,11-12,18H2. The third-order valence-corrected chi connectivity index (χ3v) is 3.55. The number of aromatic nitrogens is 1. The first-order valence-corrected chi connectivity index (χ1v) is 6.81. The first-order valence-electron chi connectivity index (χ1n) is 6.81. The van der Waals surface area contributed by atoms with Gasteiger partial charge in [0.05, 0.1) is 12.6 Å². The summed E-state index contributed by atoms with van der Waals surface area (Å²) in [7, 11) is 0. The van der Waals surface area contributed by atoms with Crippen molar-refractivity contribution in [3.63, 3.8) is 0 Å². The normalized spacial score (nSPS) is 12.7. The van der Waals surface area contributed by atoms with Crippen LogP contribution in [0.1, 0.15) is 0 Å². The molecule has 3 nitrogen and oxygen atoms in total. The fourth-order valence-electron chi connectivity index (χ4n) is 2.54. The first kappa shape index (κ1) is 12.9. The Labute approximate surface area is 118 Å². The largest absolute Gasteiger partial charge is 0.390 e. The number of aliphatic hydroxyl groups is 1. The lowest BCUT2D eigenvalue weighted by atomic mass is 10.1. The van der Waals surface area contributed by atoms with Crippen LogP contribution in [0.15, 0.2) is 60.7 Å². The Morgan fingerprint density at radius 2 is 1.70 bits per heavy atom. The van der Waals surface area contributed by atoms with Crippen molar-refractivity contribution in [1.82, 2.24) is 4.57 Å². The van der Waals surface area contributed by atoms with Gasteiger partial charge >= 0.3 is 0 Å². The molecule has 0 saturated heterocycles. The molecule has 0 saturated carbocycles. The topological polar surface area (TPSA) is 51.2 Å². The van der Waals surface area contributed by atoms with Gasteiger partial charge in [-0.15, -0.1) is 0 Å². The van der Waals surface area contributed by atoms with Crippen LogP contribution in [0.3, 0.4) is 0 Å². The number of nitrogens with two attached hydrogens (primary N) is 1. The van der Waals surface area contributed by atoms with E-state index in [4.69, 9.17) is 5.73 Å². The highest BCUT2D eigenvalue weighted by Crippen LogP contribution is 2.28. The highest BCUT2D eigenvalue weighted by atomic mass is 16.3. The number of nitrogens with zero attached hydrogens (tertiary/aromatic N) is 1. The Kier molecular flexibility index (Phi) is 3.54. The Bertz CT molecular complexity index is 703. The van der Waals surface area contributed by atoms with Crippen molar-refractivity contribution in [3.05, 3.63) is 60.7 Å². The summed E-state index contributed by atoms with van der Waals surface area (Å²) < 4.78 is 2.14. The molecule has 2 aromatic carbocycles. The minimum atomic E-state index is -0.534. The maximum absolute atomic E-state index is 9.91. The number of benzene rings is 2. The molecule has 3 aromatic rings. The maximum Gasteiger partial charge on any atom is 0.0841 e. The van der Waals surface area contributed by atoms with E-state index in [2.05, 4.69) is 34.9 Å². The van der Waals surface area contributed by atoms with E-state index < -0.39 is 6.10 Å².